The lowest BCUT2D eigenvalue weighted by molar-refractivity contribution is -0.139. The Balaban J connectivity index is 1.59. The van der Waals surface area contributed by atoms with E-state index in [9.17, 15) is 9.59 Å². The second-order valence-electron chi connectivity index (χ2n) is 7.81. The van der Waals surface area contributed by atoms with Crippen molar-refractivity contribution in [3.63, 3.8) is 0 Å². The summed E-state index contributed by atoms with van der Waals surface area (Å²) in [5, 5.41) is 1.93. The average Bonchev–Trinajstić information content (AvgIpc) is 3.48. The molecule has 2 aromatic heterocycles. The Bertz CT molecular complexity index is 1580. The number of carbonyl (C=O) groups excluding carboxylic acids is 1. The van der Waals surface area contributed by atoms with Gasteiger partial charge in [-0.15, -0.1) is 11.3 Å². The van der Waals surface area contributed by atoms with Crippen LogP contribution in [0.2, 0.25) is 0 Å². The molecule has 176 valence electrons. The van der Waals surface area contributed by atoms with Gasteiger partial charge >= 0.3 is 5.97 Å². The van der Waals surface area contributed by atoms with E-state index in [1.807, 2.05) is 78.2 Å². The fourth-order valence-electron chi connectivity index (χ4n) is 3.95. The van der Waals surface area contributed by atoms with Crippen molar-refractivity contribution in [1.29, 1.82) is 0 Å². The van der Waals surface area contributed by atoms with Gasteiger partial charge in [-0.1, -0.05) is 47.7 Å². The number of benzene rings is 2. The van der Waals surface area contributed by atoms with E-state index in [1.165, 1.54) is 22.7 Å². The zero-order chi connectivity index (χ0) is 24.4. The number of esters is 1. The fraction of sp³-hybridized carbons (Fsp3) is 0.148. The lowest BCUT2D eigenvalue weighted by atomic mass is 10.0. The summed E-state index contributed by atoms with van der Waals surface area (Å²) >= 11 is 2.80. The van der Waals surface area contributed by atoms with Crippen molar-refractivity contribution in [2.75, 3.05) is 6.61 Å². The molecule has 0 saturated carbocycles. The van der Waals surface area contributed by atoms with Crippen molar-refractivity contribution in [3.8, 4) is 11.5 Å². The van der Waals surface area contributed by atoms with Crippen LogP contribution in [-0.4, -0.2) is 17.1 Å². The summed E-state index contributed by atoms with van der Waals surface area (Å²) in [6.07, 6.45) is 1.83. The van der Waals surface area contributed by atoms with E-state index in [2.05, 4.69) is 4.99 Å². The number of hydrogen-bond donors (Lipinski definition) is 0. The van der Waals surface area contributed by atoms with Crippen LogP contribution in [0.4, 0.5) is 0 Å². The van der Waals surface area contributed by atoms with E-state index in [-0.39, 0.29) is 12.2 Å². The highest BCUT2D eigenvalue weighted by Gasteiger charge is 2.33. The van der Waals surface area contributed by atoms with E-state index in [4.69, 9.17) is 9.47 Å². The number of aromatic nitrogens is 1. The van der Waals surface area contributed by atoms with Crippen LogP contribution in [0.5, 0.6) is 11.5 Å². The maximum Gasteiger partial charge on any atom is 0.338 e. The minimum Gasteiger partial charge on any atom is -0.463 e. The molecule has 4 aromatic rings. The average molecular weight is 503 g/mol. The summed E-state index contributed by atoms with van der Waals surface area (Å²) in [7, 11) is 0. The fourth-order valence-corrected chi connectivity index (χ4v) is 5.82. The number of fused-ring (bicyclic) bond motifs is 1. The van der Waals surface area contributed by atoms with E-state index >= 15 is 0 Å². The summed E-state index contributed by atoms with van der Waals surface area (Å²) in [6.45, 7) is 3.80. The van der Waals surface area contributed by atoms with Crippen LogP contribution in [0, 0.1) is 0 Å². The third-order valence-electron chi connectivity index (χ3n) is 5.46. The van der Waals surface area contributed by atoms with E-state index in [1.54, 1.807) is 18.4 Å². The van der Waals surface area contributed by atoms with Crippen LogP contribution in [0.15, 0.2) is 93.2 Å². The first-order chi connectivity index (χ1) is 17.0. The smallest absolute Gasteiger partial charge is 0.338 e. The molecule has 3 heterocycles. The molecule has 5 rings (SSSR count). The van der Waals surface area contributed by atoms with Gasteiger partial charge in [-0.05, 0) is 61.2 Å². The first kappa shape index (κ1) is 23.0. The van der Waals surface area contributed by atoms with Gasteiger partial charge < -0.3 is 9.47 Å². The zero-order valence-electron chi connectivity index (χ0n) is 19.1. The first-order valence-corrected chi connectivity index (χ1v) is 12.8. The Morgan fingerprint density at radius 2 is 1.89 bits per heavy atom. The summed E-state index contributed by atoms with van der Waals surface area (Å²) in [5.41, 5.74) is 1.59. The molecule has 0 aliphatic carbocycles. The van der Waals surface area contributed by atoms with Crippen LogP contribution in [-0.2, 0) is 9.53 Å². The van der Waals surface area contributed by atoms with Crippen LogP contribution >= 0.6 is 22.7 Å². The number of carbonyl (C=O) groups is 1. The number of thiazole rings is 1. The predicted molar refractivity (Wildman–Crippen MR) is 138 cm³/mol. The van der Waals surface area contributed by atoms with Gasteiger partial charge in [-0.2, -0.15) is 0 Å². The Morgan fingerprint density at radius 3 is 2.63 bits per heavy atom. The second kappa shape index (κ2) is 9.85. The van der Waals surface area contributed by atoms with Crippen molar-refractivity contribution < 1.29 is 14.3 Å². The lowest BCUT2D eigenvalue weighted by Crippen LogP contribution is -2.39. The molecule has 8 heteroatoms. The van der Waals surface area contributed by atoms with Crippen molar-refractivity contribution in [3.05, 3.63) is 114 Å². The number of allylic oxidation sites excluding steroid dienone is 1. The molecule has 0 N–H and O–H groups in total. The zero-order valence-corrected chi connectivity index (χ0v) is 20.8. The van der Waals surface area contributed by atoms with Crippen LogP contribution in [0.25, 0.3) is 6.08 Å². The number of ether oxygens (including phenoxy) is 2. The molecule has 0 bridgehead atoms. The molecular weight excluding hydrogens is 480 g/mol. The molecule has 0 fully saturated rings. The highest BCUT2D eigenvalue weighted by atomic mass is 32.1. The summed E-state index contributed by atoms with van der Waals surface area (Å²) in [4.78, 5) is 32.5. The van der Waals surface area contributed by atoms with Gasteiger partial charge in [0.1, 0.15) is 17.5 Å². The largest absolute Gasteiger partial charge is 0.463 e. The molecule has 0 spiro atoms. The van der Waals surface area contributed by atoms with Crippen molar-refractivity contribution >= 4 is 34.7 Å². The summed E-state index contributed by atoms with van der Waals surface area (Å²) < 4.78 is 13.4. The SMILES string of the molecule is CCOC(=O)C1=C(C)N=c2s/c(=C\c3cccc(Oc4ccccc4)c3)c(=O)n2C1c1cccs1. The number of rotatable bonds is 6. The quantitative estimate of drug-likeness (QED) is 0.360. The van der Waals surface area contributed by atoms with E-state index < -0.39 is 12.0 Å². The van der Waals surface area contributed by atoms with E-state index in [0.29, 0.717) is 26.4 Å². The number of nitrogens with zero attached hydrogens (tertiary/aromatic N) is 2. The molecule has 0 amide bonds. The minimum absolute atomic E-state index is 0.198. The Labute approximate surface area is 209 Å². The summed E-state index contributed by atoms with van der Waals surface area (Å²) in [5.74, 6) is 0.962. The van der Waals surface area contributed by atoms with Crippen LogP contribution < -0.4 is 19.6 Å². The lowest BCUT2D eigenvalue weighted by Gasteiger charge is -2.23. The molecule has 1 unspecified atom stereocenters. The molecule has 0 radical (unpaired) electrons. The normalized spacial score (nSPS) is 15.5. The molecule has 1 aliphatic heterocycles. The van der Waals surface area contributed by atoms with Crippen LogP contribution in [0.3, 0.4) is 0 Å². The van der Waals surface area contributed by atoms with Gasteiger partial charge in [-0.25, -0.2) is 9.79 Å². The minimum atomic E-state index is -0.569. The highest BCUT2D eigenvalue weighted by Crippen LogP contribution is 2.33. The van der Waals surface area contributed by atoms with Gasteiger partial charge in [0.15, 0.2) is 4.80 Å². The Hall–Kier alpha value is -3.75. The monoisotopic (exact) mass is 502 g/mol. The van der Waals surface area contributed by atoms with Gasteiger partial charge in [-0.3, -0.25) is 9.36 Å². The molecular formula is C27H22N2O4S2. The van der Waals surface area contributed by atoms with Gasteiger partial charge in [0, 0.05) is 4.88 Å². The van der Waals surface area contributed by atoms with Crippen LogP contribution in [0.1, 0.15) is 30.3 Å². The molecule has 2 aromatic carbocycles. The number of hydrogen-bond acceptors (Lipinski definition) is 7. The first-order valence-electron chi connectivity index (χ1n) is 11.1. The molecule has 0 saturated heterocycles. The molecule has 6 nitrogen and oxygen atoms in total. The van der Waals surface area contributed by atoms with Crippen molar-refractivity contribution in [2.24, 2.45) is 4.99 Å². The van der Waals surface area contributed by atoms with E-state index in [0.717, 1.165) is 16.2 Å². The number of para-hydroxylation sites is 1. The Kier molecular flexibility index (Phi) is 6.48. The number of thiophene rings is 1. The topological polar surface area (TPSA) is 69.9 Å². The Morgan fingerprint density at radius 1 is 1.09 bits per heavy atom. The van der Waals surface area contributed by atoms with Gasteiger partial charge in [0.2, 0.25) is 0 Å². The summed E-state index contributed by atoms with van der Waals surface area (Å²) in [6, 6.07) is 20.4. The standard InChI is InChI=1S/C27H22N2O4S2/c1-3-32-26(31)23-17(2)28-27-29(24(23)21-13-8-14-34-21)25(30)22(35-27)16-18-9-7-12-20(15-18)33-19-10-5-4-6-11-19/h4-16,24H,3H2,1-2H3/b22-16-. The van der Waals surface area contributed by atoms with Crippen molar-refractivity contribution in [2.45, 2.75) is 19.9 Å². The predicted octanol–water partition coefficient (Wildman–Crippen LogP) is 4.65. The molecule has 1 atom stereocenters. The second-order valence-corrected chi connectivity index (χ2v) is 9.79. The third-order valence-corrected chi connectivity index (χ3v) is 7.37. The highest BCUT2D eigenvalue weighted by molar-refractivity contribution is 7.10. The van der Waals surface area contributed by atoms with Gasteiger partial charge in [0.05, 0.1) is 22.4 Å². The van der Waals surface area contributed by atoms with Gasteiger partial charge in [0.25, 0.3) is 5.56 Å². The third kappa shape index (κ3) is 4.62. The maximum atomic E-state index is 13.6. The maximum absolute atomic E-state index is 13.6. The molecule has 35 heavy (non-hydrogen) atoms. The van der Waals surface area contributed by atoms with Crippen molar-refractivity contribution in [1.82, 2.24) is 4.57 Å². The molecule has 1 aliphatic rings.